The molecule has 0 unspecified atom stereocenters. The van der Waals surface area contributed by atoms with Crippen LogP contribution in [0.3, 0.4) is 0 Å². The van der Waals surface area contributed by atoms with Crippen LogP contribution in [0.5, 0.6) is 0 Å². The maximum atomic E-state index is 12.8. The molecule has 2 aromatic rings. The Morgan fingerprint density at radius 1 is 1.17 bits per heavy atom. The van der Waals surface area contributed by atoms with Crippen LogP contribution in [0.25, 0.3) is 6.08 Å². The first-order valence-corrected chi connectivity index (χ1v) is 8.54. The number of carbonyl (C=O) groups excluding carboxylic acids is 2. The van der Waals surface area contributed by atoms with Crippen LogP contribution in [0.15, 0.2) is 49.7 Å². The third-order valence-corrected chi connectivity index (χ3v) is 4.17. The van der Waals surface area contributed by atoms with Crippen molar-refractivity contribution in [3.63, 3.8) is 0 Å². The molecular formula is C17H17BrN2O4. The van der Waals surface area contributed by atoms with Gasteiger partial charge in [-0.05, 0) is 59.5 Å². The second-order valence-corrected chi connectivity index (χ2v) is 6.27. The minimum absolute atomic E-state index is 0.124. The summed E-state index contributed by atoms with van der Waals surface area (Å²) in [6.07, 6.45) is 6.11. The highest BCUT2D eigenvalue weighted by atomic mass is 79.9. The molecule has 0 aromatic carbocycles. The molecule has 126 valence electrons. The van der Waals surface area contributed by atoms with Gasteiger partial charge in [0.25, 0.3) is 11.8 Å². The highest BCUT2D eigenvalue weighted by molar-refractivity contribution is 9.10. The lowest BCUT2D eigenvalue weighted by atomic mass is 10.1. The monoisotopic (exact) mass is 392 g/mol. The lowest BCUT2D eigenvalue weighted by Gasteiger charge is -2.27. The van der Waals surface area contributed by atoms with Crippen LogP contribution in [-0.2, 0) is 4.79 Å². The van der Waals surface area contributed by atoms with Crippen LogP contribution < -0.4 is 5.32 Å². The second-order valence-electron chi connectivity index (χ2n) is 5.48. The third-order valence-electron chi connectivity index (χ3n) is 3.75. The summed E-state index contributed by atoms with van der Waals surface area (Å²) < 4.78 is 10.9. The fourth-order valence-electron chi connectivity index (χ4n) is 2.55. The van der Waals surface area contributed by atoms with Crippen molar-refractivity contribution in [1.29, 1.82) is 0 Å². The van der Waals surface area contributed by atoms with Crippen molar-refractivity contribution >= 4 is 33.8 Å². The number of hydrogen-bond acceptors (Lipinski definition) is 4. The standard InChI is InChI=1S/C17H17BrN2O4/c18-15-7-6-14(24-15)16(21)19-13(11-12-5-4-10-23-12)17(22)20-8-2-1-3-9-20/h4-7,10-11H,1-3,8-9H2,(H,19,21). The summed E-state index contributed by atoms with van der Waals surface area (Å²) >= 11 is 3.16. The molecule has 0 spiro atoms. The van der Waals surface area contributed by atoms with E-state index in [0.717, 1.165) is 19.3 Å². The van der Waals surface area contributed by atoms with E-state index >= 15 is 0 Å². The maximum absolute atomic E-state index is 12.8. The molecule has 7 heteroatoms. The van der Waals surface area contributed by atoms with Gasteiger partial charge < -0.3 is 19.1 Å². The van der Waals surface area contributed by atoms with Gasteiger partial charge in [-0.3, -0.25) is 9.59 Å². The van der Waals surface area contributed by atoms with Crippen molar-refractivity contribution in [2.24, 2.45) is 0 Å². The molecule has 0 radical (unpaired) electrons. The zero-order chi connectivity index (χ0) is 16.9. The van der Waals surface area contributed by atoms with Crippen LogP contribution >= 0.6 is 15.9 Å². The van der Waals surface area contributed by atoms with E-state index < -0.39 is 5.91 Å². The smallest absolute Gasteiger partial charge is 0.291 e. The Kier molecular flexibility index (Phi) is 5.20. The third kappa shape index (κ3) is 3.97. The number of likely N-dealkylation sites (tertiary alicyclic amines) is 1. The van der Waals surface area contributed by atoms with Crippen LogP contribution in [-0.4, -0.2) is 29.8 Å². The predicted molar refractivity (Wildman–Crippen MR) is 91.0 cm³/mol. The van der Waals surface area contributed by atoms with Crippen molar-refractivity contribution < 1.29 is 18.4 Å². The van der Waals surface area contributed by atoms with E-state index in [2.05, 4.69) is 21.2 Å². The lowest BCUT2D eigenvalue weighted by Crippen LogP contribution is -2.41. The average Bonchev–Trinajstić information content (AvgIpc) is 3.26. The molecule has 1 fully saturated rings. The Morgan fingerprint density at radius 2 is 1.96 bits per heavy atom. The largest absolute Gasteiger partial charge is 0.465 e. The van der Waals surface area contributed by atoms with Gasteiger partial charge in [0, 0.05) is 19.2 Å². The molecule has 2 amide bonds. The molecule has 0 bridgehead atoms. The maximum Gasteiger partial charge on any atom is 0.291 e. The zero-order valence-electron chi connectivity index (χ0n) is 13.0. The number of nitrogens with zero attached hydrogens (tertiary/aromatic N) is 1. The first kappa shape index (κ1) is 16.6. The molecule has 24 heavy (non-hydrogen) atoms. The average molecular weight is 393 g/mol. The number of rotatable bonds is 4. The Bertz CT molecular complexity index is 742. The molecule has 1 aliphatic rings. The van der Waals surface area contributed by atoms with Crippen molar-refractivity contribution in [2.45, 2.75) is 19.3 Å². The highest BCUT2D eigenvalue weighted by Crippen LogP contribution is 2.17. The predicted octanol–water partition coefficient (Wildman–Crippen LogP) is 3.42. The molecule has 0 aliphatic carbocycles. The number of amides is 2. The van der Waals surface area contributed by atoms with Gasteiger partial charge in [-0.2, -0.15) is 0 Å². The van der Waals surface area contributed by atoms with Crippen LogP contribution in [0, 0.1) is 0 Å². The van der Waals surface area contributed by atoms with Crippen LogP contribution in [0.4, 0.5) is 0 Å². The number of hydrogen-bond donors (Lipinski definition) is 1. The number of carbonyl (C=O) groups is 2. The van der Waals surface area contributed by atoms with E-state index in [9.17, 15) is 9.59 Å². The minimum atomic E-state index is -0.483. The molecule has 1 N–H and O–H groups in total. The van der Waals surface area contributed by atoms with E-state index in [-0.39, 0.29) is 17.4 Å². The van der Waals surface area contributed by atoms with E-state index in [4.69, 9.17) is 8.83 Å². The normalized spacial score (nSPS) is 15.4. The number of furan rings is 2. The van der Waals surface area contributed by atoms with Gasteiger partial charge in [-0.25, -0.2) is 0 Å². The van der Waals surface area contributed by atoms with Crippen molar-refractivity contribution in [1.82, 2.24) is 10.2 Å². The number of halogens is 1. The van der Waals surface area contributed by atoms with Crippen molar-refractivity contribution in [3.8, 4) is 0 Å². The fraction of sp³-hybridized carbons (Fsp3) is 0.294. The van der Waals surface area contributed by atoms with Gasteiger partial charge in [0.15, 0.2) is 10.4 Å². The summed E-state index contributed by atoms with van der Waals surface area (Å²) in [6, 6.07) is 6.60. The summed E-state index contributed by atoms with van der Waals surface area (Å²) in [5, 5.41) is 2.64. The molecule has 3 heterocycles. The quantitative estimate of drug-likeness (QED) is 0.808. The Labute approximate surface area is 147 Å². The molecule has 1 saturated heterocycles. The molecule has 6 nitrogen and oxygen atoms in total. The van der Waals surface area contributed by atoms with Gasteiger partial charge in [-0.15, -0.1) is 0 Å². The lowest BCUT2D eigenvalue weighted by molar-refractivity contribution is -0.128. The van der Waals surface area contributed by atoms with E-state index in [1.54, 1.807) is 23.1 Å². The van der Waals surface area contributed by atoms with Crippen LogP contribution in [0.1, 0.15) is 35.6 Å². The summed E-state index contributed by atoms with van der Waals surface area (Å²) in [6.45, 7) is 1.38. The van der Waals surface area contributed by atoms with E-state index in [1.165, 1.54) is 18.4 Å². The van der Waals surface area contributed by atoms with Gasteiger partial charge in [0.2, 0.25) is 0 Å². The zero-order valence-corrected chi connectivity index (χ0v) is 14.5. The highest BCUT2D eigenvalue weighted by Gasteiger charge is 2.23. The van der Waals surface area contributed by atoms with Gasteiger partial charge in [0.05, 0.1) is 6.26 Å². The second kappa shape index (κ2) is 7.53. The summed E-state index contributed by atoms with van der Waals surface area (Å²) in [4.78, 5) is 26.8. The van der Waals surface area contributed by atoms with E-state index in [1.807, 2.05) is 0 Å². The fourth-order valence-corrected chi connectivity index (χ4v) is 2.86. The number of nitrogens with one attached hydrogen (secondary N) is 1. The molecular weight excluding hydrogens is 376 g/mol. The SMILES string of the molecule is O=C(NC(=Cc1ccco1)C(=O)N1CCCCC1)c1ccc(Br)o1. The van der Waals surface area contributed by atoms with E-state index in [0.29, 0.717) is 23.5 Å². The van der Waals surface area contributed by atoms with Gasteiger partial charge in [0.1, 0.15) is 11.5 Å². The summed E-state index contributed by atoms with van der Waals surface area (Å²) in [7, 11) is 0. The van der Waals surface area contributed by atoms with Crippen molar-refractivity contribution in [3.05, 3.63) is 52.4 Å². The Balaban J connectivity index is 1.82. The molecule has 3 rings (SSSR count). The first-order valence-electron chi connectivity index (χ1n) is 7.74. The molecule has 0 saturated carbocycles. The van der Waals surface area contributed by atoms with Gasteiger partial charge >= 0.3 is 0 Å². The summed E-state index contributed by atoms with van der Waals surface area (Å²) in [5.41, 5.74) is 0.171. The minimum Gasteiger partial charge on any atom is -0.465 e. The Hall–Kier alpha value is -2.28. The molecule has 0 atom stereocenters. The first-order chi connectivity index (χ1) is 11.6. The van der Waals surface area contributed by atoms with Gasteiger partial charge in [-0.1, -0.05) is 0 Å². The number of piperidine rings is 1. The summed E-state index contributed by atoms with van der Waals surface area (Å²) in [5.74, 6) is -0.0797. The molecule has 2 aromatic heterocycles. The van der Waals surface area contributed by atoms with Crippen molar-refractivity contribution in [2.75, 3.05) is 13.1 Å². The Morgan fingerprint density at radius 3 is 2.58 bits per heavy atom. The van der Waals surface area contributed by atoms with Crippen LogP contribution in [0.2, 0.25) is 0 Å². The molecule has 1 aliphatic heterocycles. The topological polar surface area (TPSA) is 75.7 Å².